The second-order valence-electron chi connectivity index (χ2n) is 12.6. The van der Waals surface area contributed by atoms with Crippen molar-refractivity contribution in [3.05, 3.63) is 158 Å². The van der Waals surface area contributed by atoms with Gasteiger partial charge in [0.15, 0.2) is 0 Å². The van der Waals surface area contributed by atoms with Gasteiger partial charge < -0.3 is 24.8 Å². The molecule has 5 heteroatoms. The van der Waals surface area contributed by atoms with Gasteiger partial charge in [-0.05, 0) is 18.9 Å². The van der Waals surface area contributed by atoms with Crippen LogP contribution in [0, 0.1) is 19.9 Å². The van der Waals surface area contributed by atoms with E-state index >= 15 is 0 Å². The molecule has 240 valence electrons. The molecule has 5 aromatic rings. The van der Waals surface area contributed by atoms with E-state index in [0.29, 0.717) is 5.41 Å². The molecule has 0 saturated carbocycles. The van der Waals surface area contributed by atoms with Crippen LogP contribution in [0.5, 0.6) is 0 Å². The predicted octanol–water partition coefficient (Wildman–Crippen LogP) is 5.84. The van der Waals surface area contributed by atoms with Gasteiger partial charge >= 0.3 is 120 Å². The third kappa shape index (κ3) is 11.4. The molecule has 0 radical (unpaired) electrons. The van der Waals surface area contributed by atoms with Gasteiger partial charge in [-0.1, -0.05) is 88.6 Å². The Morgan fingerprint density at radius 2 is 1.37 bits per heavy atom. The normalized spacial score (nSPS) is 11.0. The van der Waals surface area contributed by atoms with E-state index in [1.807, 2.05) is 48.5 Å². The van der Waals surface area contributed by atoms with Crippen molar-refractivity contribution < 1.29 is 49.0 Å². The van der Waals surface area contributed by atoms with Crippen LogP contribution in [0.25, 0.3) is 11.1 Å². The van der Waals surface area contributed by atoms with Crippen molar-refractivity contribution in [2.45, 2.75) is 72.6 Å². The summed E-state index contributed by atoms with van der Waals surface area (Å²) in [6.45, 7) is 13.3. The van der Waals surface area contributed by atoms with E-state index in [0.717, 1.165) is 16.5 Å². The molecule has 46 heavy (non-hydrogen) atoms. The Morgan fingerprint density at radius 1 is 0.804 bits per heavy atom. The van der Waals surface area contributed by atoms with E-state index in [4.69, 9.17) is 23.2 Å². The van der Waals surface area contributed by atoms with E-state index in [-0.39, 0.29) is 24.8 Å². The molecule has 1 aliphatic carbocycles. The van der Waals surface area contributed by atoms with Gasteiger partial charge in [0, 0.05) is 0 Å². The summed E-state index contributed by atoms with van der Waals surface area (Å²) in [7, 11) is 0. The zero-order valence-corrected chi connectivity index (χ0v) is 33.1. The van der Waals surface area contributed by atoms with Crippen LogP contribution in [0.2, 0.25) is 10.0 Å². The zero-order chi connectivity index (χ0) is 31.9. The molecule has 0 nitrogen and oxygen atoms in total. The van der Waals surface area contributed by atoms with Gasteiger partial charge in [0.05, 0.1) is 0 Å². The van der Waals surface area contributed by atoms with Gasteiger partial charge in [0.1, 0.15) is 0 Å². The number of hydrogen-bond donors (Lipinski definition) is 0. The van der Waals surface area contributed by atoms with E-state index in [1.165, 1.54) is 102 Å². The van der Waals surface area contributed by atoms with Gasteiger partial charge in [-0.3, -0.25) is 0 Å². The Bertz CT molecular complexity index is 1590. The Labute approximate surface area is 314 Å². The van der Waals surface area contributed by atoms with E-state index in [9.17, 15) is 0 Å². The SMILES string of the molecule is CCCCc1cc(C(C)(C)C)c[cH-]1.Cc1[c-]c2c(cc1)-c1ccc(C)cc1C2.Clc1ccc([C](=[Zr+2])c2ccc(Cl)cc2)cc1.[Cl-].[Cl-]. The fraction of sp³-hybridized carbons (Fsp3) is 0.268. The van der Waals surface area contributed by atoms with Crippen molar-refractivity contribution in [1.82, 2.24) is 0 Å². The Balaban J connectivity index is 0.000000236. The van der Waals surface area contributed by atoms with Crippen LogP contribution in [0.3, 0.4) is 0 Å². The minimum absolute atomic E-state index is 0. The van der Waals surface area contributed by atoms with E-state index in [2.05, 4.69) is 96.1 Å². The first-order valence-corrected chi connectivity index (χ1v) is 17.4. The van der Waals surface area contributed by atoms with Crippen molar-refractivity contribution in [3.63, 3.8) is 0 Å². The topological polar surface area (TPSA) is 0 Å². The number of halogens is 4. The Kier molecular flexibility index (Phi) is 16.3. The maximum atomic E-state index is 5.86. The first kappa shape index (κ1) is 40.3. The van der Waals surface area contributed by atoms with Crippen LogP contribution in [0.4, 0.5) is 0 Å². The van der Waals surface area contributed by atoms with Crippen LogP contribution in [-0.4, -0.2) is 3.21 Å². The number of fused-ring (bicyclic) bond motifs is 3. The minimum atomic E-state index is 0. The van der Waals surface area contributed by atoms with Gasteiger partial charge in [-0.25, -0.2) is 6.07 Å². The van der Waals surface area contributed by atoms with Crippen molar-refractivity contribution >= 4 is 26.4 Å². The number of aryl methyl sites for hydroxylation is 3. The summed E-state index contributed by atoms with van der Waals surface area (Å²) in [6, 6.07) is 37.3. The number of hydrogen-bond acceptors (Lipinski definition) is 0. The van der Waals surface area contributed by atoms with Crippen molar-refractivity contribution in [2.75, 3.05) is 0 Å². The van der Waals surface area contributed by atoms with Gasteiger partial charge in [0.25, 0.3) is 0 Å². The average Bonchev–Trinajstić information content (AvgIpc) is 3.61. The van der Waals surface area contributed by atoms with Crippen LogP contribution in [0.15, 0.2) is 97.1 Å². The summed E-state index contributed by atoms with van der Waals surface area (Å²) in [4.78, 5) is 0. The van der Waals surface area contributed by atoms with E-state index in [1.54, 1.807) is 0 Å². The molecule has 0 atom stereocenters. The monoisotopic (exact) mass is 764 g/mol. The summed E-state index contributed by atoms with van der Waals surface area (Å²) < 4.78 is 1.31. The van der Waals surface area contributed by atoms with Gasteiger partial charge in [-0.2, -0.15) is 47.0 Å². The van der Waals surface area contributed by atoms with Crippen LogP contribution in [0.1, 0.15) is 85.0 Å². The molecular weight excluding hydrogens is 725 g/mol. The first-order chi connectivity index (χ1) is 20.9. The second kappa shape index (κ2) is 18.6. The molecule has 0 saturated heterocycles. The molecule has 5 aromatic carbocycles. The Morgan fingerprint density at radius 3 is 1.89 bits per heavy atom. The summed E-state index contributed by atoms with van der Waals surface area (Å²) in [5, 5.41) is 1.53. The molecule has 0 aliphatic heterocycles. The standard InChI is InChI=1S/C15H13.C13H8Cl2.C13H21.2ClH.Zr/c1-10-3-5-14-12(7-10)9-13-8-11(2)4-6-15(13)14;14-12-5-1-10(2-6-12)9-11-3-7-13(15)8-4-11;1-5-6-7-11-8-9-12(10-11)13(2,3)4;;;/h3-7H,9H2,1-2H3;1-8H;8-10H,5-7H2,1-4H3;2*1H;/q-1;;-1;;;+2/p-2. The van der Waals surface area contributed by atoms with Crippen LogP contribution < -0.4 is 24.8 Å². The molecular formula is C41H42Cl4Zr-2. The molecule has 0 fully saturated rings. The largest absolute Gasteiger partial charge is 1.00 e. The van der Waals surface area contributed by atoms with Gasteiger partial charge in [-0.15, -0.1) is 11.1 Å². The molecule has 0 heterocycles. The molecule has 6 rings (SSSR count). The van der Waals surface area contributed by atoms with Crippen LogP contribution in [-0.2, 0) is 42.5 Å². The third-order valence-corrected chi connectivity index (χ3v) is 9.78. The zero-order valence-electron chi connectivity index (χ0n) is 27.6. The fourth-order valence-corrected chi connectivity index (χ4v) is 6.34. The van der Waals surface area contributed by atoms with Crippen molar-refractivity contribution in [3.8, 4) is 11.1 Å². The maximum Gasteiger partial charge on any atom is -1.00 e. The van der Waals surface area contributed by atoms with E-state index < -0.39 is 0 Å². The third-order valence-electron chi connectivity index (χ3n) is 7.86. The first-order valence-electron chi connectivity index (χ1n) is 15.4. The minimum Gasteiger partial charge on any atom is -1.00 e. The average molecular weight is 768 g/mol. The number of benzene rings is 4. The second-order valence-corrected chi connectivity index (χ2v) is 14.7. The van der Waals surface area contributed by atoms with Crippen molar-refractivity contribution in [1.29, 1.82) is 0 Å². The maximum absolute atomic E-state index is 5.86. The predicted molar refractivity (Wildman–Crippen MR) is 188 cm³/mol. The van der Waals surface area contributed by atoms with Crippen molar-refractivity contribution in [2.24, 2.45) is 0 Å². The van der Waals surface area contributed by atoms with Crippen LogP contribution >= 0.6 is 23.2 Å². The Hall–Kier alpha value is -1.86. The summed E-state index contributed by atoms with van der Waals surface area (Å²) in [5.41, 5.74) is 13.9. The molecule has 0 unspecified atom stereocenters. The molecule has 0 N–H and O–H groups in total. The molecule has 0 amide bonds. The quantitative estimate of drug-likeness (QED) is 0.194. The molecule has 1 aliphatic rings. The molecule has 0 bridgehead atoms. The fourth-order valence-electron chi connectivity index (χ4n) is 5.27. The summed E-state index contributed by atoms with van der Waals surface area (Å²) in [5.74, 6) is 0. The number of rotatable bonds is 5. The van der Waals surface area contributed by atoms with Gasteiger partial charge in [0.2, 0.25) is 0 Å². The summed E-state index contributed by atoms with van der Waals surface area (Å²) >= 11 is 13.1. The molecule has 0 aromatic heterocycles. The smallest absolute Gasteiger partial charge is 1.00 e. The molecule has 0 spiro atoms. The summed E-state index contributed by atoms with van der Waals surface area (Å²) in [6.07, 6.45) is 4.89. The number of unbranched alkanes of at least 4 members (excludes halogenated alkanes) is 1.